The molecule has 0 fully saturated rings. The smallest absolute Gasteiger partial charge is 0.272 e. The Morgan fingerprint density at radius 3 is 2.29 bits per heavy atom. The fourth-order valence-corrected chi connectivity index (χ4v) is 1.98. The van der Waals surface area contributed by atoms with Crippen LogP contribution in [0, 0.1) is 24.0 Å². The average Bonchev–Trinajstić information content (AvgIpc) is 2.42. The van der Waals surface area contributed by atoms with Crippen molar-refractivity contribution in [2.75, 3.05) is 19.8 Å². The highest BCUT2D eigenvalue weighted by Gasteiger charge is 2.14. The van der Waals surface area contributed by atoms with Crippen LogP contribution in [0.15, 0.2) is 12.1 Å². The van der Waals surface area contributed by atoms with Crippen molar-refractivity contribution in [1.29, 1.82) is 0 Å². The van der Waals surface area contributed by atoms with Crippen molar-refractivity contribution >= 4 is 5.69 Å². The van der Waals surface area contributed by atoms with Crippen LogP contribution in [0.4, 0.5) is 5.69 Å². The van der Waals surface area contributed by atoms with Crippen molar-refractivity contribution in [2.45, 2.75) is 40.4 Å². The van der Waals surface area contributed by atoms with Gasteiger partial charge in [0.15, 0.2) is 6.29 Å². The van der Waals surface area contributed by atoms with E-state index < -0.39 is 0 Å². The lowest BCUT2D eigenvalue weighted by Gasteiger charge is -2.17. The van der Waals surface area contributed by atoms with Gasteiger partial charge < -0.3 is 14.2 Å². The van der Waals surface area contributed by atoms with Gasteiger partial charge in [0.2, 0.25) is 0 Å². The molecule has 0 radical (unpaired) electrons. The maximum absolute atomic E-state index is 10.9. The Hall–Kier alpha value is -1.66. The van der Waals surface area contributed by atoms with Gasteiger partial charge in [0.05, 0.1) is 11.5 Å². The average molecular weight is 297 g/mol. The fourth-order valence-electron chi connectivity index (χ4n) is 1.98. The molecule has 0 aliphatic carbocycles. The van der Waals surface area contributed by atoms with Crippen molar-refractivity contribution in [3.8, 4) is 5.75 Å². The third-order valence-electron chi connectivity index (χ3n) is 3.01. The van der Waals surface area contributed by atoms with E-state index in [4.69, 9.17) is 14.2 Å². The number of benzene rings is 1. The normalized spacial score (nSPS) is 10.9. The molecule has 0 saturated carbocycles. The minimum atomic E-state index is -0.383. The summed E-state index contributed by atoms with van der Waals surface area (Å²) in [5.74, 6) is 0.657. The number of rotatable bonds is 9. The molecule has 0 amide bonds. The molecule has 0 unspecified atom stereocenters. The number of ether oxygens (including phenoxy) is 3. The number of hydrogen-bond donors (Lipinski definition) is 0. The molecule has 0 saturated heterocycles. The van der Waals surface area contributed by atoms with Crippen LogP contribution in [0.1, 0.15) is 31.4 Å². The fraction of sp³-hybridized carbons (Fsp3) is 0.600. The van der Waals surface area contributed by atoms with Gasteiger partial charge in [0.1, 0.15) is 5.75 Å². The Bertz CT molecular complexity index is 469. The lowest BCUT2D eigenvalue weighted by Crippen LogP contribution is -2.20. The second-order valence-corrected chi connectivity index (χ2v) is 4.64. The zero-order chi connectivity index (χ0) is 15.8. The van der Waals surface area contributed by atoms with Crippen LogP contribution in [0.3, 0.4) is 0 Å². The predicted octanol–water partition coefficient (Wildman–Crippen LogP) is 3.38. The molecule has 0 aliphatic heterocycles. The Balaban J connectivity index is 2.63. The van der Waals surface area contributed by atoms with Gasteiger partial charge in [-0.05, 0) is 39.3 Å². The van der Waals surface area contributed by atoms with E-state index in [9.17, 15) is 10.1 Å². The molecule has 118 valence electrons. The molecule has 0 heterocycles. The molecule has 6 heteroatoms. The summed E-state index contributed by atoms with van der Waals surface area (Å²) in [4.78, 5) is 10.5. The lowest BCUT2D eigenvalue weighted by molar-refractivity contribution is -0.385. The van der Waals surface area contributed by atoms with Crippen LogP contribution in [-0.2, 0) is 9.47 Å². The second-order valence-electron chi connectivity index (χ2n) is 4.64. The van der Waals surface area contributed by atoms with Crippen molar-refractivity contribution in [1.82, 2.24) is 0 Å². The molecule has 0 spiro atoms. The van der Waals surface area contributed by atoms with Gasteiger partial charge in [-0.1, -0.05) is 0 Å². The number of nitrogens with zero attached hydrogens (tertiary/aromatic N) is 1. The van der Waals surface area contributed by atoms with Crippen LogP contribution in [0.25, 0.3) is 0 Å². The van der Waals surface area contributed by atoms with E-state index in [1.807, 2.05) is 13.8 Å². The van der Waals surface area contributed by atoms with Crippen LogP contribution in [-0.4, -0.2) is 31.0 Å². The number of nitro groups is 1. The van der Waals surface area contributed by atoms with E-state index >= 15 is 0 Å². The van der Waals surface area contributed by atoms with Crippen molar-refractivity contribution in [3.05, 3.63) is 33.4 Å². The number of aryl methyl sites for hydroxylation is 2. The van der Waals surface area contributed by atoms with Crippen molar-refractivity contribution in [2.24, 2.45) is 0 Å². The lowest BCUT2D eigenvalue weighted by atomic mass is 10.1. The first-order valence-electron chi connectivity index (χ1n) is 7.11. The zero-order valence-electron chi connectivity index (χ0n) is 13.0. The van der Waals surface area contributed by atoms with E-state index in [2.05, 4.69) is 0 Å². The monoisotopic (exact) mass is 297 g/mol. The number of nitro benzene ring substituents is 1. The van der Waals surface area contributed by atoms with Gasteiger partial charge in [-0.2, -0.15) is 0 Å². The molecule has 1 rings (SSSR count). The van der Waals surface area contributed by atoms with Gasteiger partial charge in [-0.3, -0.25) is 10.1 Å². The standard InChI is InChI=1S/C15H23NO5/c1-5-19-15(20-6-2)7-8-21-14-10-11(3)13(16(17)18)9-12(14)4/h9-10,15H,5-8H2,1-4H3. The maximum atomic E-state index is 10.9. The third kappa shape index (κ3) is 5.32. The molecular weight excluding hydrogens is 274 g/mol. The van der Waals surface area contributed by atoms with E-state index in [1.54, 1.807) is 19.9 Å². The summed E-state index contributed by atoms with van der Waals surface area (Å²) in [5, 5.41) is 10.9. The molecule has 0 aliphatic rings. The Kier molecular flexibility index (Phi) is 7.11. The molecule has 0 atom stereocenters. The highest BCUT2D eigenvalue weighted by atomic mass is 16.7. The number of hydrogen-bond acceptors (Lipinski definition) is 5. The quantitative estimate of drug-likeness (QED) is 0.397. The molecular formula is C15H23NO5. The summed E-state index contributed by atoms with van der Waals surface area (Å²) in [6, 6.07) is 3.23. The van der Waals surface area contributed by atoms with Gasteiger partial charge >= 0.3 is 0 Å². The van der Waals surface area contributed by atoms with Crippen LogP contribution < -0.4 is 4.74 Å². The molecule has 0 N–H and O–H groups in total. The molecule has 0 bridgehead atoms. The molecule has 0 aromatic heterocycles. The van der Waals surface area contributed by atoms with E-state index in [0.29, 0.717) is 37.6 Å². The summed E-state index contributed by atoms with van der Waals surface area (Å²) < 4.78 is 16.6. The first-order chi connectivity index (χ1) is 9.99. The van der Waals surface area contributed by atoms with Crippen molar-refractivity contribution < 1.29 is 19.1 Å². The van der Waals surface area contributed by atoms with Crippen LogP contribution >= 0.6 is 0 Å². The summed E-state index contributed by atoms with van der Waals surface area (Å²) >= 11 is 0. The van der Waals surface area contributed by atoms with Gasteiger partial charge in [-0.25, -0.2) is 0 Å². The first-order valence-corrected chi connectivity index (χ1v) is 7.11. The third-order valence-corrected chi connectivity index (χ3v) is 3.01. The summed E-state index contributed by atoms with van der Waals surface area (Å²) in [5.41, 5.74) is 1.45. The highest BCUT2D eigenvalue weighted by molar-refractivity contribution is 5.49. The summed E-state index contributed by atoms with van der Waals surface area (Å²) in [7, 11) is 0. The van der Waals surface area contributed by atoms with Gasteiger partial charge in [-0.15, -0.1) is 0 Å². The Morgan fingerprint density at radius 1 is 1.14 bits per heavy atom. The maximum Gasteiger partial charge on any atom is 0.272 e. The van der Waals surface area contributed by atoms with Crippen LogP contribution in [0.5, 0.6) is 5.75 Å². The first kappa shape index (κ1) is 17.4. The van der Waals surface area contributed by atoms with Gasteiger partial charge in [0, 0.05) is 31.3 Å². The van der Waals surface area contributed by atoms with E-state index in [1.165, 1.54) is 6.07 Å². The second kappa shape index (κ2) is 8.59. The summed E-state index contributed by atoms with van der Waals surface area (Å²) in [6.45, 7) is 8.93. The van der Waals surface area contributed by atoms with E-state index in [-0.39, 0.29) is 16.9 Å². The minimum Gasteiger partial charge on any atom is -0.493 e. The van der Waals surface area contributed by atoms with Crippen LogP contribution in [0.2, 0.25) is 0 Å². The van der Waals surface area contributed by atoms with E-state index in [0.717, 1.165) is 5.56 Å². The largest absolute Gasteiger partial charge is 0.493 e. The molecule has 21 heavy (non-hydrogen) atoms. The summed E-state index contributed by atoms with van der Waals surface area (Å²) in [6.07, 6.45) is 0.330. The minimum absolute atomic E-state index is 0.112. The Labute approximate surface area is 125 Å². The Morgan fingerprint density at radius 2 is 1.76 bits per heavy atom. The molecule has 1 aromatic carbocycles. The molecule has 1 aromatic rings. The highest BCUT2D eigenvalue weighted by Crippen LogP contribution is 2.27. The SMILES string of the molecule is CCOC(CCOc1cc(C)c([N+](=O)[O-])cc1C)OCC. The van der Waals surface area contributed by atoms with Gasteiger partial charge in [0.25, 0.3) is 5.69 Å². The zero-order valence-corrected chi connectivity index (χ0v) is 13.0. The topological polar surface area (TPSA) is 70.8 Å². The van der Waals surface area contributed by atoms with Crippen molar-refractivity contribution in [3.63, 3.8) is 0 Å². The molecule has 6 nitrogen and oxygen atoms in total. The predicted molar refractivity (Wildman–Crippen MR) is 79.7 cm³/mol.